The van der Waals surface area contributed by atoms with Crippen molar-refractivity contribution in [1.29, 1.82) is 0 Å². The van der Waals surface area contributed by atoms with Crippen LogP contribution in [0.3, 0.4) is 0 Å². The van der Waals surface area contributed by atoms with E-state index >= 15 is 0 Å². The molecule has 0 unspecified atom stereocenters. The summed E-state index contributed by atoms with van der Waals surface area (Å²) in [6.07, 6.45) is 3.38. The lowest BCUT2D eigenvalue weighted by molar-refractivity contribution is 0.233. The fourth-order valence-corrected chi connectivity index (χ4v) is 2.69. The van der Waals surface area contributed by atoms with E-state index in [1.165, 1.54) is 6.42 Å². The van der Waals surface area contributed by atoms with Crippen molar-refractivity contribution in [3.05, 3.63) is 17.7 Å². The third-order valence-corrected chi connectivity index (χ3v) is 3.95. The van der Waals surface area contributed by atoms with E-state index in [0.717, 1.165) is 35.7 Å². The summed E-state index contributed by atoms with van der Waals surface area (Å²) >= 11 is 0. The Balaban J connectivity index is 2.56. The molecule has 0 radical (unpaired) electrons. The summed E-state index contributed by atoms with van der Waals surface area (Å²) in [5, 5.41) is 0. The molecule has 1 aliphatic carbocycles. The molecule has 0 saturated heterocycles. The van der Waals surface area contributed by atoms with Gasteiger partial charge in [-0.2, -0.15) is 0 Å². The van der Waals surface area contributed by atoms with Gasteiger partial charge < -0.3 is 19.9 Å². The van der Waals surface area contributed by atoms with Crippen LogP contribution in [0, 0.1) is 0 Å². The van der Waals surface area contributed by atoms with E-state index in [9.17, 15) is 0 Å². The molecular formula is C14H21NO3. The summed E-state index contributed by atoms with van der Waals surface area (Å²) in [5.74, 6) is 2.34. The molecule has 0 aliphatic heterocycles. The molecule has 0 heterocycles. The third kappa shape index (κ3) is 1.90. The van der Waals surface area contributed by atoms with E-state index in [1.54, 1.807) is 21.3 Å². The molecule has 4 nitrogen and oxygen atoms in total. The van der Waals surface area contributed by atoms with E-state index in [1.807, 2.05) is 12.1 Å². The first kappa shape index (κ1) is 13.0. The fraction of sp³-hybridized carbons (Fsp3) is 0.571. The molecule has 0 spiro atoms. The highest BCUT2D eigenvalue weighted by molar-refractivity contribution is 5.55. The molecule has 2 N–H and O–H groups in total. The van der Waals surface area contributed by atoms with Crippen LogP contribution in [0.15, 0.2) is 12.1 Å². The Hall–Kier alpha value is -1.42. The van der Waals surface area contributed by atoms with Crippen LogP contribution in [-0.2, 0) is 5.41 Å². The standard InChI is InChI=1S/C14H21NO3/c1-16-10-7-11(17-2)13(12(8-10)18-3)14(9-15)5-4-6-14/h7-8H,4-6,9,15H2,1-3H3. The molecule has 0 amide bonds. The van der Waals surface area contributed by atoms with Crippen molar-refractivity contribution in [2.45, 2.75) is 24.7 Å². The maximum Gasteiger partial charge on any atom is 0.130 e. The van der Waals surface area contributed by atoms with Crippen molar-refractivity contribution in [1.82, 2.24) is 0 Å². The normalized spacial score (nSPS) is 16.9. The second-order valence-corrected chi connectivity index (χ2v) is 4.74. The van der Waals surface area contributed by atoms with Crippen molar-refractivity contribution in [3.63, 3.8) is 0 Å². The van der Waals surface area contributed by atoms with Crippen LogP contribution in [0.4, 0.5) is 0 Å². The van der Waals surface area contributed by atoms with Crippen LogP contribution in [0.1, 0.15) is 24.8 Å². The maximum atomic E-state index is 5.98. The van der Waals surface area contributed by atoms with Gasteiger partial charge >= 0.3 is 0 Å². The number of hydrogen-bond acceptors (Lipinski definition) is 4. The first-order chi connectivity index (χ1) is 8.70. The van der Waals surface area contributed by atoms with E-state index in [2.05, 4.69) is 0 Å². The zero-order valence-electron chi connectivity index (χ0n) is 11.3. The Bertz CT molecular complexity index is 397. The lowest BCUT2D eigenvalue weighted by atomic mass is 9.64. The Kier molecular flexibility index (Phi) is 3.66. The highest BCUT2D eigenvalue weighted by Gasteiger charge is 2.42. The van der Waals surface area contributed by atoms with E-state index < -0.39 is 0 Å². The smallest absolute Gasteiger partial charge is 0.130 e. The number of benzene rings is 1. The van der Waals surface area contributed by atoms with Crippen molar-refractivity contribution in [3.8, 4) is 17.2 Å². The molecule has 1 aromatic carbocycles. The summed E-state index contributed by atoms with van der Waals surface area (Å²) in [5.41, 5.74) is 7.06. The molecule has 0 bridgehead atoms. The van der Waals surface area contributed by atoms with E-state index in [4.69, 9.17) is 19.9 Å². The molecular weight excluding hydrogens is 230 g/mol. The molecule has 1 saturated carbocycles. The average Bonchev–Trinajstić information content (AvgIpc) is 2.37. The minimum Gasteiger partial charge on any atom is -0.496 e. The van der Waals surface area contributed by atoms with Crippen LogP contribution >= 0.6 is 0 Å². The SMILES string of the molecule is COc1cc(OC)c(C2(CN)CCC2)c(OC)c1. The lowest BCUT2D eigenvalue weighted by Gasteiger charge is -2.42. The van der Waals surface area contributed by atoms with Gasteiger partial charge in [0.1, 0.15) is 17.2 Å². The predicted molar refractivity (Wildman–Crippen MR) is 70.7 cm³/mol. The zero-order valence-corrected chi connectivity index (χ0v) is 11.3. The summed E-state index contributed by atoms with van der Waals surface area (Å²) < 4.78 is 16.3. The van der Waals surface area contributed by atoms with Gasteiger partial charge in [-0.3, -0.25) is 0 Å². The second-order valence-electron chi connectivity index (χ2n) is 4.74. The molecule has 0 atom stereocenters. The highest BCUT2D eigenvalue weighted by Crippen LogP contribution is 2.51. The van der Waals surface area contributed by atoms with E-state index in [0.29, 0.717) is 6.54 Å². The Morgan fingerprint density at radius 2 is 1.61 bits per heavy atom. The van der Waals surface area contributed by atoms with Crippen molar-refractivity contribution in [2.24, 2.45) is 5.73 Å². The second kappa shape index (κ2) is 5.06. The average molecular weight is 251 g/mol. The predicted octanol–water partition coefficient (Wildman–Crippen LogP) is 2.09. The number of methoxy groups -OCH3 is 3. The highest BCUT2D eigenvalue weighted by atomic mass is 16.5. The van der Waals surface area contributed by atoms with Crippen LogP contribution in [0.25, 0.3) is 0 Å². The lowest BCUT2D eigenvalue weighted by Crippen LogP contribution is -2.42. The molecule has 0 aromatic heterocycles. The van der Waals surface area contributed by atoms with Gasteiger partial charge in [0.2, 0.25) is 0 Å². The van der Waals surface area contributed by atoms with Crippen molar-refractivity contribution >= 4 is 0 Å². The van der Waals surface area contributed by atoms with Crippen LogP contribution in [0.5, 0.6) is 17.2 Å². The molecule has 18 heavy (non-hydrogen) atoms. The van der Waals surface area contributed by atoms with Crippen LogP contribution in [0.2, 0.25) is 0 Å². The number of nitrogens with two attached hydrogens (primary N) is 1. The third-order valence-electron chi connectivity index (χ3n) is 3.95. The maximum absolute atomic E-state index is 5.98. The number of hydrogen-bond donors (Lipinski definition) is 1. The number of rotatable bonds is 5. The molecule has 100 valence electrons. The zero-order chi connectivity index (χ0) is 13.2. The fourth-order valence-electron chi connectivity index (χ4n) is 2.69. The van der Waals surface area contributed by atoms with Gasteiger partial charge in [-0.1, -0.05) is 6.42 Å². The molecule has 4 heteroatoms. The van der Waals surface area contributed by atoms with Gasteiger partial charge in [-0.05, 0) is 12.8 Å². The summed E-state index contributed by atoms with van der Waals surface area (Å²) in [4.78, 5) is 0. The molecule has 1 fully saturated rings. The largest absolute Gasteiger partial charge is 0.496 e. The minimum absolute atomic E-state index is 0.00293. The summed E-state index contributed by atoms with van der Waals surface area (Å²) in [6.45, 7) is 0.617. The molecule has 1 aliphatic rings. The van der Waals surface area contributed by atoms with Crippen LogP contribution < -0.4 is 19.9 Å². The van der Waals surface area contributed by atoms with Gasteiger partial charge in [0, 0.05) is 29.7 Å². The Morgan fingerprint density at radius 3 is 1.89 bits per heavy atom. The van der Waals surface area contributed by atoms with Crippen molar-refractivity contribution < 1.29 is 14.2 Å². The minimum atomic E-state index is 0.00293. The first-order valence-electron chi connectivity index (χ1n) is 6.21. The number of ether oxygens (including phenoxy) is 3. The monoisotopic (exact) mass is 251 g/mol. The first-order valence-corrected chi connectivity index (χ1v) is 6.21. The topological polar surface area (TPSA) is 53.7 Å². The molecule has 2 rings (SSSR count). The molecule has 1 aromatic rings. The van der Waals surface area contributed by atoms with Gasteiger partial charge in [-0.25, -0.2) is 0 Å². The van der Waals surface area contributed by atoms with Gasteiger partial charge in [0.05, 0.1) is 21.3 Å². The van der Waals surface area contributed by atoms with Gasteiger partial charge in [0.15, 0.2) is 0 Å². The summed E-state index contributed by atoms with van der Waals surface area (Å²) in [7, 11) is 4.97. The van der Waals surface area contributed by atoms with Crippen molar-refractivity contribution in [2.75, 3.05) is 27.9 Å². The Labute approximate surface area is 108 Å². The quantitative estimate of drug-likeness (QED) is 0.870. The summed E-state index contributed by atoms with van der Waals surface area (Å²) in [6, 6.07) is 3.79. The van der Waals surface area contributed by atoms with Gasteiger partial charge in [-0.15, -0.1) is 0 Å². The van der Waals surface area contributed by atoms with Gasteiger partial charge in [0.25, 0.3) is 0 Å². The van der Waals surface area contributed by atoms with Crippen LogP contribution in [-0.4, -0.2) is 27.9 Å². The Morgan fingerprint density at radius 1 is 1.06 bits per heavy atom. The van der Waals surface area contributed by atoms with E-state index in [-0.39, 0.29) is 5.41 Å².